The second-order valence-electron chi connectivity index (χ2n) is 4.88. The molecule has 5 nitrogen and oxygen atoms in total. The third-order valence-electron chi connectivity index (χ3n) is 4.07. The largest absolute Gasteiger partial charge is 0.409 e. The minimum absolute atomic E-state index is 0.0160. The predicted molar refractivity (Wildman–Crippen MR) is 81.9 cm³/mol. The van der Waals surface area contributed by atoms with E-state index in [1.807, 2.05) is 38.3 Å². The van der Waals surface area contributed by atoms with Crippen LogP contribution in [-0.4, -0.2) is 28.9 Å². The highest BCUT2D eigenvalue weighted by Crippen LogP contribution is 2.33. The summed E-state index contributed by atoms with van der Waals surface area (Å²) in [6.45, 7) is 5.73. The Morgan fingerprint density at radius 2 is 2.15 bits per heavy atom. The van der Waals surface area contributed by atoms with Gasteiger partial charge in [-0.2, -0.15) is 0 Å². The van der Waals surface area contributed by atoms with E-state index in [4.69, 9.17) is 10.9 Å². The summed E-state index contributed by atoms with van der Waals surface area (Å²) in [7, 11) is 1.76. The molecule has 0 bridgehead atoms. The van der Waals surface area contributed by atoms with E-state index in [-0.39, 0.29) is 17.8 Å². The molecule has 20 heavy (non-hydrogen) atoms. The van der Waals surface area contributed by atoms with Crippen LogP contribution in [0.1, 0.15) is 44.5 Å². The number of carbonyl (C=O) groups excluding carboxylic acids is 1. The Labute approximate surface area is 124 Å². The molecule has 1 atom stereocenters. The maximum absolute atomic E-state index is 12.8. The number of carbonyl (C=O) groups is 1. The van der Waals surface area contributed by atoms with Crippen molar-refractivity contribution in [3.8, 4) is 0 Å². The molecule has 0 saturated heterocycles. The Bertz CT molecular complexity index is 467. The van der Waals surface area contributed by atoms with E-state index in [0.29, 0.717) is 12.8 Å². The van der Waals surface area contributed by atoms with E-state index in [1.165, 1.54) is 0 Å². The van der Waals surface area contributed by atoms with Gasteiger partial charge in [-0.1, -0.05) is 25.1 Å². The molecule has 0 spiro atoms. The molecule has 0 aliphatic heterocycles. The van der Waals surface area contributed by atoms with E-state index < -0.39 is 5.41 Å². The summed E-state index contributed by atoms with van der Waals surface area (Å²) < 4.78 is 0. The average molecular weight is 297 g/mol. The van der Waals surface area contributed by atoms with Crippen molar-refractivity contribution in [3.05, 3.63) is 22.4 Å². The Balaban J connectivity index is 3.07. The summed E-state index contributed by atoms with van der Waals surface area (Å²) in [5.74, 6) is -0.128. The molecule has 1 heterocycles. The molecule has 1 rings (SSSR count). The molecule has 3 N–H and O–H groups in total. The van der Waals surface area contributed by atoms with Crippen LogP contribution < -0.4 is 5.73 Å². The van der Waals surface area contributed by atoms with Crippen LogP contribution in [0.5, 0.6) is 0 Å². The highest BCUT2D eigenvalue weighted by molar-refractivity contribution is 7.10. The summed E-state index contributed by atoms with van der Waals surface area (Å²) >= 11 is 1.61. The molecular weight excluding hydrogens is 274 g/mol. The smallest absolute Gasteiger partial charge is 0.236 e. The predicted octanol–water partition coefficient (Wildman–Crippen LogP) is 2.82. The molecule has 6 heteroatoms. The van der Waals surface area contributed by atoms with Crippen LogP contribution in [0.2, 0.25) is 0 Å². The van der Waals surface area contributed by atoms with Gasteiger partial charge in [0.2, 0.25) is 5.91 Å². The standard InChI is InChI=1S/C14H23N3O2S/c1-5-14(6-2,12(15)16-19)13(18)17(4)10(3)11-8-7-9-20-11/h7-10,19H,5-6H2,1-4H3,(H2,15,16). The summed E-state index contributed by atoms with van der Waals surface area (Å²) in [6.07, 6.45) is 0.999. The van der Waals surface area contributed by atoms with Gasteiger partial charge < -0.3 is 15.8 Å². The molecule has 1 aromatic heterocycles. The van der Waals surface area contributed by atoms with Crippen molar-refractivity contribution in [2.45, 2.75) is 39.7 Å². The minimum Gasteiger partial charge on any atom is -0.409 e. The molecule has 1 amide bonds. The monoisotopic (exact) mass is 297 g/mol. The second-order valence-corrected chi connectivity index (χ2v) is 5.86. The van der Waals surface area contributed by atoms with E-state index in [2.05, 4.69) is 5.16 Å². The molecule has 1 unspecified atom stereocenters. The van der Waals surface area contributed by atoms with Gasteiger partial charge in [-0.25, -0.2) is 0 Å². The summed E-state index contributed by atoms with van der Waals surface area (Å²) in [5.41, 5.74) is 4.85. The normalized spacial score (nSPS) is 14.1. The van der Waals surface area contributed by atoms with Crippen molar-refractivity contribution in [2.75, 3.05) is 7.05 Å². The molecular formula is C14H23N3O2S. The van der Waals surface area contributed by atoms with Crippen molar-refractivity contribution in [2.24, 2.45) is 16.3 Å². The molecule has 0 saturated carbocycles. The second kappa shape index (κ2) is 6.74. The van der Waals surface area contributed by atoms with Gasteiger partial charge in [0, 0.05) is 11.9 Å². The zero-order chi connectivity index (χ0) is 15.3. The maximum atomic E-state index is 12.8. The Morgan fingerprint density at radius 1 is 1.55 bits per heavy atom. The van der Waals surface area contributed by atoms with Crippen LogP contribution in [0.3, 0.4) is 0 Å². The first kappa shape index (κ1) is 16.5. The number of nitrogens with zero attached hydrogens (tertiary/aromatic N) is 2. The fourth-order valence-electron chi connectivity index (χ4n) is 2.35. The number of rotatable bonds is 6. The first-order valence-corrected chi connectivity index (χ1v) is 7.61. The number of hydrogen-bond donors (Lipinski definition) is 2. The summed E-state index contributed by atoms with van der Waals surface area (Å²) in [5, 5.41) is 14.0. The Hall–Kier alpha value is -1.56. The Kier molecular flexibility index (Phi) is 5.56. The summed E-state index contributed by atoms with van der Waals surface area (Å²) in [4.78, 5) is 15.6. The fourth-order valence-corrected chi connectivity index (χ4v) is 3.18. The van der Waals surface area contributed by atoms with Gasteiger partial charge in [-0.05, 0) is 31.2 Å². The highest BCUT2D eigenvalue weighted by atomic mass is 32.1. The Morgan fingerprint density at radius 3 is 2.55 bits per heavy atom. The van der Waals surface area contributed by atoms with Gasteiger partial charge >= 0.3 is 0 Å². The van der Waals surface area contributed by atoms with Gasteiger partial charge in [0.1, 0.15) is 5.41 Å². The van der Waals surface area contributed by atoms with Crippen LogP contribution in [-0.2, 0) is 4.79 Å². The van der Waals surface area contributed by atoms with Crippen molar-refractivity contribution in [1.82, 2.24) is 4.90 Å². The topological polar surface area (TPSA) is 78.9 Å². The van der Waals surface area contributed by atoms with E-state index >= 15 is 0 Å². The molecule has 0 fully saturated rings. The van der Waals surface area contributed by atoms with Gasteiger partial charge in [0.05, 0.1) is 6.04 Å². The van der Waals surface area contributed by atoms with Crippen LogP contribution in [0.15, 0.2) is 22.7 Å². The van der Waals surface area contributed by atoms with E-state index in [1.54, 1.807) is 23.3 Å². The molecule has 0 aliphatic rings. The summed E-state index contributed by atoms with van der Waals surface area (Å²) in [6, 6.07) is 3.93. The lowest BCUT2D eigenvalue weighted by Crippen LogP contribution is -2.50. The lowest BCUT2D eigenvalue weighted by molar-refractivity contribution is -0.139. The van der Waals surface area contributed by atoms with Crippen molar-refractivity contribution >= 4 is 23.1 Å². The highest BCUT2D eigenvalue weighted by Gasteiger charge is 2.42. The van der Waals surface area contributed by atoms with Gasteiger partial charge in [0.25, 0.3) is 0 Å². The first-order chi connectivity index (χ1) is 9.44. The number of thiophene rings is 1. The number of hydrogen-bond acceptors (Lipinski definition) is 4. The molecule has 0 aromatic carbocycles. The number of amides is 1. The zero-order valence-corrected chi connectivity index (χ0v) is 13.3. The minimum atomic E-state index is -0.935. The SMILES string of the molecule is CCC(CC)(C(=O)N(C)C(C)c1cccs1)C(N)=NO. The van der Waals surface area contributed by atoms with E-state index in [9.17, 15) is 4.79 Å². The lowest BCUT2D eigenvalue weighted by Gasteiger charge is -2.35. The molecule has 0 aliphatic carbocycles. The third kappa shape index (κ3) is 2.80. The van der Waals surface area contributed by atoms with Crippen molar-refractivity contribution in [1.29, 1.82) is 0 Å². The molecule has 112 valence electrons. The van der Waals surface area contributed by atoms with Gasteiger partial charge in [-0.15, -0.1) is 11.3 Å². The zero-order valence-electron chi connectivity index (χ0n) is 12.5. The third-order valence-corrected chi connectivity index (χ3v) is 5.11. The quantitative estimate of drug-likeness (QED) is 0.367. The van der Waals surface area contributed by atoms with Crippen LogP contribution >= 0.6 is 11.3 Å². The van der Waals surface area contributed by atoms with E-state index in [0.717, 1.165) is 4.88 Å². The van der Waals surface area contributed by atoms with Crippen molar-refractivity contribution < 1.29 is 10.0 Å². The number of amidine groups is 1. The fraction of sp³-hybridized carbons (Fsp3) is 0.571. The first-order valence-electron chi connectivity index (χ1n) is 6.73. The number of oxime groups is 1. The number of nitrogens with two attached hydrogens (primary N) is 1. The van der Waals surface area contributed by atoms with Crippen molar-refractivity contribution in [3.63, 3.8) is 0 Å². The van der Waals surface area contributed by atoms with Crippen LogP contribution in [0.4, 0.5) is 0 Å². The van der Waals surface area contributed by atoms with Gasteiger partial charge in [-0.3, -0.25) is 4.79 Å². The average Bonchev–Trinajstić information content (AvgIpc) is 3.01. The van der Waals surface area contributed by atoms with Gasteiger partial charge in [0.15, 0.2) is 5.84 Å². The van der Waals surface area contributed by atoms with Crippen LogP contribution in [0, 0.1) is 5.41 Å². The maximum Gasteiger partial charge on any atom is 0.236 e. The molecule has 0 radical (unpaired) electrons. The lowest BCUT2D eigenvalue weighted by atomic mass is 9.79. The molecule has 1 aromatic rings. The van der Waals surface area contributed by atoms with Crippen LogP contribution in [0.25, 0.3) is 0 Å².